The standard InChI is InChI=1S/C15H19ClN2S/c1-10-4-2-3-5-11(10)9-18-14-7-6-12(16)8-13(14)17-15(18)19/h6-8,10-11H,2-5,9H2,1H3,(H,17,19). The highest BCUT2D eigenvalue weighted by Crippen LogP contribution is 2.32. The Balaban J connectivity index is 1.96. The first-order chi connectivity index (χ1) is 9.15. The number of halogens is 1. The molecule has 1 fully saturated rings. The van der Waals surface area contributed by atoms with E-state index >= 15 is 0 Å². The number of fused-ring (bicyclic) bond motifs is 1. The summed E-state index contributed by atoms with van der Waals surface area (Å²) >= 11 is 11.5. The molecule has 1 N–H and O–H groups in total. The van der Waals surface area contributed by atoms with Gasteiger partial charge in [0.25, 0.3) is 0 Å². The van der Waals surface area contributed by atoms with E-state index < -0.39 is 0 Å². The van der Waals surface area contributed by atoms with Crippen LogP contribution in [-0.4, -0.2) is 9.55 Å². The SMILES string of the molecule is CC1CCCCC1Cn1c(=S)[nH]c2cc(Cl)ccc21. The van der Waals surface area contributed by atoms with Crippen molar-refractivity contribution in [3.63, 3.8) is 0 Å². The number of hydrogen-bond acceptors (Lipinski definition) is 1. The van der Waals surface area contributed by atoms with Gasteiger partial charge in [-0.25, -0.2) is 0 Å². The second-order valence-electron chi connectivity index (χ2n) is 5.72. The molecular formula is C15H19ClN2S. The quantitative estimate of drug-likeness (QED) is 0.757. The predicted molar refractivity (Wildman–Crippen MR) is 83.3 cm³/mol. The minimum atomic E-state index is 0.745. The highest BCUT2D eigenvalue weighted by Gasteiger charge is 2.22. The molecule has 1 aliphatic rings. The molecule has 1 aromatic carbocycles. The molecule has 2 aromatic rings. The van der Waals surface area contributed by atoms with Crippen molar-refractivity contribution in [3.05, 3.63) is 28.0 Å². The number of aromatic amines is 1. The Kier molecular flexibility index (Phi) is 3.68. The number of rotatable bonds is 2. The van der Waals surface area contributed by atoms with Gasteiger partial charge < -0.3 is 9.55 Å². The predicted octanol–water partition coefficient (Wildman–Crippen LogP) is 5.18. The van der Waals surface area contributed by atoms with Gasteiger partial charge in [-0.2, -0.15) is 0 Å². The van der Waals surface area contributed by atoms with Crippen LogP contribution in [-0.2, 0) is 6.54 Å². The summed E-state index contributed by atoms with van der Waals surface area (Å²) in [6.45, 7) is 3.40. The molecule has 0 aliphatic heterocycles. The summed E-state index contributed by atoms with van der Waals surface area (Å²) in [6.07, 6.45) is 5.42. The van der Waals surface area contributed by atoms with E-state index in [0.29, 0.717) is 0 Å². The van der Waals surface area contributed by atoms with Gasteiger partial charge in [0.05, 0.1) is 11.0 Å². The average Bonchev–Trinajstić information content (AvgIpc) is 2.68. The fourth-order valence-corrected chi connectivity index (χ4v) is 3.67. The lowest BCUT2D eigenvalue weighted by atomic mass is 9.80. The maximum atomic E-state index is 6.03. The molecule has 1 heterocycles. The Morgan fingerprint density at radius 3 is 2.95 bits per heavy atom. The van der Waals surface area contributed by atoms with E-state index in [1.54, 1.807) is 0 Å². The third-order valence-electron chi connectivity index (χ3n) is 4.44. The number of nitrogens with one attached hydrogen (secondary N) is 1. The van der Waals surface area contributed by atoms with Gasteiger partial charge in [0.2, 0.25) is 0 Å². The molecule has 2 nitrogen and oxygen atoms in total. The molecule has 4 heteroatoms. The smallest absolute Gasteiger partial charge is 0.178 e. The molecule has 0 saturated heterocycles. The highest BCUT2D eigenvalue weighted by molar-refractivity contribution is 7.71. The fraction of sp³-hybridized carbons (Fsp3) is 0.533. The molecule has 1 aliphatic carbocycles. The molecule has 2 unspecified atom stereocenters. The monoisotopic (exact) mass is 294 g/mol. The molecule has 1 saturated carbocycles. The van der Waals surface area contributed by atoms with Crippen LogP contribution in [0.1, 0.15) is 32.6 Å². The Bertz CT molecular complexity index is 643. The lowest BCUT2D eigenvalue weighted by Gasteiger charge is -2.29. The zero-order valence-electron chi connectivity index (χ0n) is 11.2. The number of imidazole rings is 1. The van der Waals surface area contributed by atoms with Crippen LogP contribution in [0.3, 0.4) is 0 Å². The van der Waals surface area contributed by atoms with Crippen molar-refractivity contribution in [1.29, 1.82) is 0 Å². The summed E-state index contributed by atoms with van der Waals surface area (Å²) in [5.41, 5.74) is 2.22. The maximum Gasteiger partial charge on any atom is 0.178 e. The number of benzene rings is 1. The number of hydrogen-bond donors (Lipinski definition) is 1. The summed E-state index contributed by atoms with van der Waals surface area (Å²) < 4.78 is 3.06. The summed E-state index contributed by atoms with van der Waals surface area (Å²) in [5, 5.41) is 0.752. The van der Waals surface area contributed by atoms with E-state index in [-0.39, 0.29) is 0 Å². The van der Waals surface area contributed by atoms with Crippen LogP contribution in [0.4, 0.5) is 0 Å². The highest BCUT2D eigenvalue weighted by atomic mass is 35.5. The third kappa shape index (κ3) is 2.59. The van der Waals surface area contributed by atoms with Crippen LogP contribution < -0.4 is 0 Å². The van der Waals surface area contributed by atoms with E-state index in [9.17, 15) is 0 Å². The van der Waals surface area contributed by atoms with E-state index in [1.165, 1.54) is 31.2 Å². The first kappa shape index (κ1) is 13.2. The molecule has 0 bridgehead atoms. The van der Waals surface area contributed by atoms with Crippen LogP contribution in [0.5, 0.6) is 0 Å². The number of nitrogens with zero attached hydrogens (tertiary/aromatic N) is 1. The van der Waals surface area contributed by atoms with Gasteiger partial charge in [-0.3, -0.25) is 0 Å². The molecule has 0 amide bonds. The van der Waals surface area contributed by atoms with Crippen molar-refractivity contribution in [2.24, 2.45) is 11.8 Å². The first-order valence-corrected chi connectivity index (χ1v) is 7.82. The second-order valence-corrected chi connectivity index (χ2v) is 6.55. The van der Waals surface area contributed by atoms with E-state index in [1.807, 2.05) is 12.1 Å². The van der Waals surface area contributed by atoms with E-state index in [0.717, 1.165) is 33.7 Å². The Morgan fingerprint density at radius 1 is 1.37 bits per heavy atom. The van der Waals surface area contributed by atoms with E-state index in [4.69, 9.17) is 23.8 Å². The van der Waals surface area contributed by atoms with Gasteiger partial charge in [0.1, 0.15) is 0 Å². The molecule has 3 rings (SSSR count). The summed E-state index contributed by atoms with van der Waals surface area (Å²) in [4.78, 5) is 3.27. The zero-order valence-corrected chi connectivity index (χ0v) is 12.7. The van der Waals surface area contributed by atoms with Gasteiger partial charge >= 0.3 is 0 Å². The Labute approximate surface area is 123 Å². The van der Waals surface area contributed by atoms with Gasteiger partial charge in [0.15, 0.2) is 4.77 Å². The third-order valence-corrected chi connectivity index (χ3v) is 5.00. The summed E-state index contributed by atoms with van der Waals surface area (Å²) in [6, 6.07) is 5.96. The summed E-state index contributed by atoms with van der Waals surface area (Å²) in [7, 11) is 0. The molecular weight excluding hydrogens is 276 g/mol. The topological polar surface area (TPSA) is 20.7 Å². The average molecular weight is 295 g/mol. The zero-order chi connectivity index (χ0) is 13.4. The van der Waals surface area contributed by atoms with Crippen molar-refractivity contribution in [3.8, 4) is 0 Å². The largest absolute Gasteiger partial charge is 0.331 e. The molecule has 0 radical (unpaired) electrons. The Hall–Kier alpha value is -0.800. The van der Waals surface area contributed by atoms with Crippen LogP contribution in [0.25, 0.3) is 11.0 Å². The lowest BCUT2D eigenvalue weighted by Crippen LogP contribution is -2.22. The van der Waals surface area contributed by atoms with Gasteiger partial charge in [0, 0.05) is 11.6 Å². The number of H-pyrrole nitrogens is 1. The first-order valence-electron chi connectivity index (χ1n) is 7.03. The Morgan fingerprint density at radius 2 is 2.16 bits per heavy atom. The van der Waals surface area contributed by atoms with E-state index in [2.05, 4.69) is 22.5 Å². The normalized spacial score (nSPS) is 23.9. The van der Waals surface area contributed by atoms with Crippen molar-refractivity contribution in [2.45, 2.75) is 39.2 Å². The molecule has 1 aromatic heterocycles. The van der Waals surface area contributed by atoms with Crippen LogP contribution >= 0.6 is 23.8 Å². The number of aromatic nitrogens is 2. The fourth-order valence-electron chi connectivity index (χ4n) is 3.22. The van der Waals surface area contributed by atoms with Crippen molar-refractivity contribution < 1.29 is 0 Å². The molecule has 102 valence electrons. The van der Waals surface area contributed by atoms with Crippen molar-refractivity contribution >= 4 is 34.9 Å². The van der Waals surface area contributed by atoms with Crippen molar-refractivity contribution in [1.82, 2.24) is 9.55 Å². The maximum absolute atomic E-state index is 6.03. The van der Waals surface area contributed by atoms with Gasteiger partial charge in [-0.05, 0) is 48.7 Å². The van der Waals surface area contributed by atoms with Gasteiger partial charge in [-0.1, -0.05) is 37.8 Å². The van der Waals surface area contributed by atoms with Crippen LogP contribution in [0.2, 0.25) is 5.02 Å². The van der Waals surface area contributed by atoms with Crippen LogP contribution in [0.15, 0.2) is 18.2 Å². The van der Waals surface area contributed by atoms with Crippen LogP contribution in [0, 0.1) is 16.6 Å². The molecule has 2 atom stereocenters. The molecule has 0 spiro atoms. The lowest BCUT2D eigenvalue weighted by molar-refractivity contribution is 0.230. The minimum Gasteiger partial charge on any atom is -0.331 e. The second kappa shape index (κ2) is 5.29. The van der Waals surface area contributed by atoms with Crippen molar-refractivity contribution in [2.75, 3.05) is 0 Å². The minimum absolute atomic E-state index is 0.745. The summed E-state index contributed by atoms with van der Waals surface area (Å²) in [5.74, 6) is 1.54. The van der Waals surface area contributed by atoms with Gasteiger partial charge in [-0.15, -0.1) is 0 Å². The molecule has 19 heavy (non-hydrogen) atoms.